The van der Waals surface area contributed by atoms with Crippen LogP contribution < -0.4 is 4.74 Å². The lowest BCUT2D eigenvalue weighted by molar-refractivity contribution is 0.467. The molecule has 1 aromatic heterocycles. The highest BCUT2D eigenvalue weighted by Crippen LogP contribution is 2.21. The first-order valence-electron chi connectivity index (χ1n) is 3.43. The molecular formula is C7H4FN3OS. The largest absolute Gasteiger partial charge is 0.429 e. The Hall–Kier alpha value is -1.56. The van der Waals surface area contributed by atoms with Gasteiger partial charge in [-0.25, -0.2) is 4.39 Å². The predicted molar refractivity (Wildman–Crippen MR) is 44.2 cm³/mol. The summed E-state index contributed by atoms with van der Waals surface area (Å²) in [5.41, 5.74) is 0. The molecular weight excluding hydrogens is 193 g/mol. The van der Waals surface area contributed by atoms with E-state index in [2.05, 4.69) is 14.8 Å². The third-order valence-corrected chi connectivity index (χ3v) is 1.76. The molecule has 0 fully saturated rings. The van der Waals surface area contributed by atoms with Crippen LogP contribution in [0.5, 0.6) is 10.9 Å². The predicted octanol–water partition coefficient (Wildman–Crippen LogP) is 1.86. The first kappa shape index (κ1) is 8.06. The summed E-state index contributed by atoms with van der Waals surface area (Å²) in [5.74, 6) is 0.0357. The zero-order valence-corrected chi connectivity index (χ0v) is 7.16. The Bertz CT molecular complexity index is 392. The summed E-state index contributed by atoms with van der Waals surface area (Å²) in [6.07, 6.45) is 0. The van der Waals surface area contributed by atoms with Crippen molar-refractivity contribution in [1.82, 2.24) is 14.8 Å². The van der Waals surface area contributed by atoms with E-state index in [0.29, 0.717) is 10.9 Å². The Morgan fingerprint density at radius 2 is 2.31 bits per heavy atom. The van der Waals surface area contributed by atoms with Gasteiger partial charge in [-0.1, -0.05) is 15.7 Å². The minimum absolute atomic E-state index is 0.297. The van der Waals surface area contributed by atoms with Crippen LogP contribution in [-0.2, 0) is 0 Å². The number of halogens is 1. The second-order valence-corrected chi connectivity index (χ2v) is 2.88. The summed E-state index contributed by atoms with van der Waals surface area (Å²) in [5, 5.41) is 7.19. The maximum absolute atomic E-state index is 12.7. The second kappa shape index (κ2) is 3.44. The number of nitrogens with zero attached hydrogens (tertiary/aromatic N) is 3. The summed E-state index contributed by atoms with van der Waals surface area (Å²) >= 11 is 1.01. The highest BCUT2D eigenvalue weighted by Gasteiger charge is 2.01. The maximum Gasteiger partial charge on any atom is 0.319 e. The molecule has 0 aliphatic rings. The van der Waals surface area contributed by atoms with Crippen LogP contribution in [0, 0.1) is 5.82 Å². The highest BCUT2D eigenvalue weighted by molar-refractivity contribution is 7.07. The van der Waals surface area contributed by atoms with Crippen molar-refractivity contribution in [3.05, 3.63) is 30.1 Å². The van der Waals surface area contributed by atoms with Crippen LogP contribution in [0.2, 0.25) is 0 Å². The molecule has 0 spiro atoms. The summed E-state index contributed by atoms with van der Waals surface area (Å²) in [6.45, 7) is 0. The molecule has 1 heterocycles. The van der Waals surface area contributed by atoms with Gasteiger partial charge in [0, 0.05) is 17.6 Å². The van der Waals surface area contributed by atoms with Crippen LogP contribution in [0.25, 0.3) is 0 Å². The molecule has 0 bridgehead atoms. The topological polar surface area (TPSA) is 47.9 Å². The number of hydrogen-bond acceptors (Lipinski definition) is 5. The summed E-state index contributed by atoms with van der Waals surface area (Å²) in [7, 11) is 0. The lowest BCUT2D eigenvalue weighted by Gasteiger charge is -1.98. The molecule has 2 rings (SSSR count). The summed E-state index contributed by atoms with van der Waals surface area (Å²) < 4.78 is 21.3. The normalized spacial score (nSPS) is 9.92. The van der Waals surface area contributed by atoms with Crippen molar-refractivity contribution >= 4 is 11.5 Å². The van der Waals surface area contributed by atoms with E-state index in [4.69, 9.17) is 4.74 Å². The van der Waals surface area contributed by atoms with Gasteiger partial charge in [0.25, 0.3) is 0 Å². The third-order valence-electron chi connectivity index (χ3n) is 1.28. The van der Waals surface area contributed by atoms with Crippen LogP contribution in [0.4, 0.5) is 4.39 Å². The van der Waals surface area contributed by atoms with Crippen molar-refractivity contribution in [3.8, 4) is 10.9 Å². The average Bonchev–Trinajstić information content (AvgIpc) is 2.57. The average molecular weight is 197 g/mol. The van der Waals surface area contributed by atoms with Gasteiger partial charge in [-0.3, -0.25) is 0 Å². The molecule has 0 saturated carbocycles. The molecule has 0 atom stereocenters. The van der Waals surface area contributed by atoms with Crippen LogP contribution in [0.15, 0.2) is 24.3 Å². The Balaban J connectivity index is 2.19. The van der Waals surface area contributed by atoms with E-state index in [0.717, 1.165) is 11.5 Å². The number of rotatable bonds is 2. The smallest absolute Gasteiger partial charge is 0.319 e. The van der Waals surface area contributed by atoms with Gasteiger partial charge in [0.2, 0.25) is 0 Å². The van der Waals surface area contributed by atoms with Gasteiger partial charge in [0.1, 0.15) is 11.6 Å². The van der Waals surface area contributed by atoms with E-state index < -0.39 is 0 Å². The molecule has 0 radical (unpaired) electrons. The van der Waals surface area contributed by atoms with Gasteiger partial charge in [-0.05, 0) is 17.3 Å². The van der Waals surface area contributed by atoms with Crippen LogP contribution in [0.1, 0.15) is 0 Å². The molecule has 1 aromatic carbocycles. The molecule has 6 heteroatoms. The van der Waals surface area contributed by atoms with E-state index >= 15 is 0 Å². The SMILES string of the molecule is Fc1cccc(Oc2nnns2)c1. The van der Waals surface area contributed by atoms with Crippen LogP contribution in [0.3, 0.4) is 0 Å². The van der Waals surface area contributed by atoms with Gasteiger partial charge < -0.3 is 4.74 Å². The van der Waals surface area contributed by atoms with E-state index in [1.165, 1.54) is 12.1 Å². The van der Waals surface area contributed by atoms with Crippen molar-refractivity contribution in [2.75, 3.05) is 0 Å². The van der Waals surface area contributed by atoms with Gasteiger partial charge in [0.05, 0.1) is 0 Å². The van der Waals surface area contributed by atoms with Crippen molar-refractivity contribution in [3.63, 3.8) is 0 Å². The molecule has 0 aliphatic carbocycles. The molecule has 13 heavy (non-hydrogen) atoms. The first-order chi connectivity index (χ1) is 6.34. The monoisotopic (exact) mass is 197 g/mol. The minimum Gasteiger partial charge on any atom is -0.429 e. The Kier molecular flexibility index (Phi) is 2.13. The van der Waals surface area contributed by atoms with E-state index in [1.807, 2.05) is 0 Å². The molecule has 0 N–H and O–H groups in total. The number of benzene rings is 1. The molecule has 0 aliphatic heterocycles. The Labute approximate surface area is 77.1 Å². The fraction of sp³-hybridized carbons (Fsp3) is 0. The number of hydrogen-bond donors (Lipinski definition) is 0. The zero-order valence-electron chi connectivity index (χ0n) is 6.35. The number of ether oxygens (including phenoxy) is 1. The standard InChI is InChI=1S/C7H4FN3OS/c8-5-2-1-3-6(4-5)12-7-9-10-11-13-7/h1-4H. The van der Waals surface area contributed by atoms with Crippen molar-refractivity contribution in [2.24, 2.45) is 0 Å². The molecule has 2 aromatic rings. The van der Waals surface area contributed by atoms with Crippen LogP contribution in [-0.4, -0.2) is 14.8 Å². The summed E-state index contributed by atoms with van der Waals surface area (Å²) in [4.78, 5) is 0. The zero-order chi connectivity index (χ0) is 9.10. The quantitative estimate of drug-likeness (QED) is 0.737. The fourth-order valence-corrected chi connectivity index (χ4v) is 1.15. The second-order valence-electron chi connectivity index (χ2n) is 2.19. The molecule has 4 nitrogen and oxygen atoms in total. The molecule has 0 amide bonds. The van der Waals surface area contributed by atoms with Crippen molar-refractivity contribution in [1.29, 1.82) is 0 Å². The third kappa shape index (κ3) is 1.97. The molecule has 0 unspecified atom stereocenters. The number of aromatic nitrogens is 3. The fourth-order valence-electron chi connectivity index (χ4n) is 0.797. The summed E-state index contributed by atoms with van der Waals surface area (Å²) in [6, 6.07) is 5.79. The van der Waals surface area contributed by atoms with Gasteiger partial charge >= 0.3 is 5.19 Å². The maximum atomic E-state index is 12.7. The van der Waals surface area contributed by atoms with Gasteiger partial charge in [-0.2, -0.15) is 0 Å². The lowest BCUT2D eigenvalue weighted by atomic mass is 10.3. The van der Waals surface area contributed by atoms with Crippen molar-refractivity contribution in [2.45, 2.75) is 0 Å². The van der Waals surface area contributed by atoms with E-state index in [9.17, 15) is 4.39 Å². The van der Waals surface area contributed by atoms with Crippen molar-refractivity contribution < 1.29 is 9.13 Å². The van der Waals surface area contributed by atoms with E-state index in [1.54, 1.807) is 12.1 Å². The minimum atomic E-state index is -0.352. The molecule has 66 valence electrons. The highest BCUT2D eigenvalue weighted by atomic mass is 32.1. The Morgan fingerprint density at radius 3 is 3.00 bits per heavy atom. The Morgan fingerprint density at radius 1 is 1.38 bits per heavy atom. The van der Waals surface area contributed by atoms with Gasteiger partial charge in [-0.15, -0.1) is 0 Å². The van der Waals surface area contributed by atoms with E-state index in [-0.39, 0.29) is 5.82 Å². The molecule has 0 saturated heterocycles. The van der Waals surface area contributed by atoms with Crippen LogP contribution >= 0.6 is 11.5 Å². The van der Waals surface area contributed by atoms with Gasteiger partial charge in [0.15, 0.2) is 0 Å². The first-order valence-corrected chi connectivity index (χ1v) is 4.20. The lowest BCUT2D eigenvalue weighted by Crippen LogP contribution is -1.83.